The molecular formula is C27H30N4O3. The minimum absolute atomic E-state index is 0.119. The molecule has 34 heavy (non-hydrogen) atoms. The highest BCUT2D eigenvalue weighted by Gasteiger charge is 2.56. The first-order valence-corrected chi connectivity index (χ1v) is 12.3. The van der Waals surface area contributed by atoms with Crippen molar-refractivity contribution in [2.24, 2.45) is 5.73 Å². The standard InChI is InChI=1S/C27H30N4O3/c1-4-26(3,28)22-14-30-24(34-18-6-7-18)21-13-29-17(12-20(21)22)11-16-5-8-19-23(31-16)27(9-10-27)15(2)33-25(19)32/h5,8,12-15,18H,4,6-7,9-11,28H2,1-3H3/t15-,26+/m0/s1. The average Bonchev–Trinajstić information content (AvgIpc) is 3.74. The number of hydrogen-bond donors (Lipinski definition) is 1. The molecule has 1 aliphatic heterocycles. The van der Waals surface area contributed by atoms with E-state index in [9.17, 15) is 4.79 Å². The normalized spacial score (nSPS) is 22.2. The number of fused-ring (bicyclic) bond motifs is 3. The molecule has 2 aliphatic carbocycles. The largest absolute Gasteiger partial charge is 0.474 e. The van der Waals surface area contributed by atoms with E-state index < -0.39 is 5.54 Å². The molecule has 0 unspecified atom stereocenters. The summed E-state index contributed by atoms with van der Waals surface area (Å²) in [5.41, 5.74) is 10.3. The summed E-state index contributed by atoms with van der Waals surface area (Å²) in [4.78, 5) is 26.7. The van der Waals surface area contributed by atoms with Crippen molar-refractivity contribution in [3.63, 3.8) is 0 Å². The van der Waals surface area contributed by atoms with Crippen LogP contribution in [0, 0.1) is 0 Å². The second-order valence-electron chi connectivity index (χ2n) is 10.4. The Bertz CT molecular complexity index is 1310. The fraction of sp³-hybridized carbons (Fsp3) is 0.481. The molecule has 0 saturated heterocycles. The van der Waals surface area contributed by atoms with Gasteiger partial charge in [0, 0.05) is 35.7 Å². The third-order valence-electron chi connectivity index (χ3n) is 7.80. The maximum absolute atomic E-state index is 12.4. The lowest BCUT2D eigenvalue weighted by Crippen LogP contribution is -2.36. The average molecular weight is 459 g/mol. The molecule has 0 aromatic carbocycles. The van der Waals surface area contributed by atoms with Crippen LogP contribution in [0.3, 0.4) is 0 Å². The van der Waals surface area contributed by atoms with Gasteiger partial charge in [0.15, 0.2) is 0 Å². The lowest BCUT2D eigenvalue weighted by atomic mass is 9.88. The van der Waals surface area contributed by atoms with Crippen LogP contribution in [-0.2, 0) is 22.1 Å². The molecule has 7 nitrogen and oxygen atoms in total. The van der Waals surface area contributed by atoms with Gasteiger partial charge in [-0.3, -0.25) is 9.97 Å². The number of carbonyl (C=O) groups is 1. The van der Waals surface area contributed by atoms with E-state index in [0.29, 0.717) is 17.9 Å². The molecule has 3 aliphatic rings. The maximum atomic E-state index is 12.4. The molecule has 0 bridgehead atoms. The summed E-state index contributed by atoms with van der Waals surface area (Å²) >= 11 is 0. The van der Waals surface area contributed by atoms with Gasteiger partial charge >= 0.3 is 5.97 Å². The maximum Gasteiger partial charge on any atom is 0.340 e. The zero-order chi connectivity index (χ0) is 23.7. The SMILES string of the molecule is CC[C@@](C)(N)c1cnc(OC2CC2)c2cnc(Cc3ccc4c(n3)C3(CC3)[C@H](C)OC4=O)cc12. The Kier molecular flexibility index (Phi) is 4.72. The van der Waals surface area contributed by atoms with Gasteiger partial charge in [-0.25, -0.2) is 9.78 Å². The Balaban J connectivity index is 1.40. The van der Waals surface area contributed by atoms with Crippen molar-refractivity contribution < 1.29 is 14.3 Å². The van der Waals surface area contributed by atoms with Gasteiger partial charge in [-0.05, 0) is 75.1 Å². The smallest absolute Gasteiger partial charge is 0.340 e. The third-order valence-corrected chi connectivity index (χ3v) is 7.80. The lowest BCUT2D eigenvalue weighted by molar-refractivity contribution is 0.0183. The number of esters is 1. The van der Waals surface area contributed by atoms with Crippen LogP contribution < -0.4 is 10.5 Å². The van der Waals surface area contributed by atoms with Crippen molar-refractivity contribution in [2.45, 2.75) is 82.5 Å². The molecule has 2 N–H and O–H groups in total. The monoisotopic (exact) mass is 458 g/mol. The number of carbonyl (C=O) groups excluding carboxylic acids is 1. The first kappa shape index (κ1) is 21.5. The van der Waals surface area contributed by atoms with Crippen molar-refractivity contribution in [2.75, 3.05) is 0 Å². The quantitative estimate of drug-likeness (QED) is 0.549. The van der Waals surface area contributed by atoms with Crippen molar-refractivity contribution in [3.8, 4) is 5.88 Å². The van der Waals surface area contributed by atoms with Gasteiger partial charge in [-0.1, -0.05) is 6.92 Å². The van der Waals surface area contributed by atoms with E-state index in [1.165, 1.54) is 0 Å². The molecular weight excluding hydrogens is 428 g/mol. The number of nitrogens with two attached hydrogens (primary N) is 1. The second kappa shape index (κ2) is 7.47. The van der Waals surface area contributed by atoms with Crippen LogP contribution in [0.5, 0.6) is 5.88 Å². The molecule has 0 radical (unpaired) electrons. The molecule has 2 fully saturated rings. The van der Waals surface area contributed by atoms with Crippen LogP contribution in [0.2, 0.25) is 0 Å². The molecule has 2 atom stereocenters. The number of hydrogen-bond acceptors (Lipinski definition) is 7. The summed E-state index contributed by atoms with van der Waals surface area (Å²) in [6.07, 6.45) is 9.32. The fourth-order valence-corrected chi connectivity index (χ4v) is 4.97. The number of ether oxygens (including phenoxy) is 2. The highest BCUT2D eigenvalue weighted by Crippen LogP contribution is 2.54. The first-order chi connectivity index (χ1) is 16.3. The van der Waals surface area contributed by atoms with Crippen molar-refractivity contribution in [3.05, 3.63) is 58.8 Å². The number of aromatic nitrogens is 3. The topological polar surface area (TPSA) is 100 Å². The van der Waals surface area contributed by atoms with Gasteiger partial charge in [0.05, 0.1) is 22.1 Å². The van der Waals surface area contributed by atoms with Crippen molar-refractivity contribution >= 4 is 16.7 Å². The number of pyridine rings is 3. The van der Waals surface area contributed by atoms with Gasteiger partial charge in [0.1, 0.15) is 12.2 Å². The Hall–Kier alpha value is -3.06. The molecule has 3 aromatic rings. The van der Waals surface area contributed by atoms with Crippen LogP contribution in [-0.4, -0.2) is 33.1 Å². The van der Waals surface area contributed by atoms with E-state index in [1.807, 2.05) is 38.4 Å². The third kappa shape index (κ3) is 3.45. The number of cyclic esters (lactones) is 1. The predicted octanol–water partition coefficient (Wildman–Crippen LogP) is 4.33. The van der Waals surface area contributed by atoms with Crippen LogP contribution in [0.1, 0.15) is 85.9 Å². The van der Waals surface area contributed by atoms with Crippen molar-refractivity contribution in [1.82, 2.24) is 15.0 Å². The minimum Gasteiger partial charge on any atom is -0.474 e. The molecule has 3 aromatic heterocycles. The molecule has 4 heterocycles. The summed E-state index contributed by atoms with van der Waals surface area (Å²) in [7, 11) is 0. The molecule has 176 valence electrons. The zero-order valence-corrected chi connectivity index (χ0v) is 19.9. The summed E-state index contributed by atoms with van der Waals surface area (Å²) in [6, 6.07) is 5.86. The zero-order valence-electron chi connectivity index (χ0n) is 19.9. The van der Waals surface area contributed by atoms with Gasteiger partial charge < -0.3 is 15.2 Å². The highest BCUT2D eigenvalue weighted by atomic mass is 16.5. The Morgan fingerprint density at radius 1 is 1.18 bits per heavy atom. The van der Waals surface area contributed by atoms with E-state index in [4.69, 9.17) is 25.2 Å². The number of nitrogens with zero attached hydrogens (tertiary/aromatic N) is 3. The molecule has 1 spiro atoms. The van der Waals surface area contributed by atoms with E-state index >= 15 is 0 Å². The van der Waals surface area contributed by atoms with Gasteiger partial charge in [-0.15, -0.1) is 0 Å². The summed E-state index contributed by atoms with van der Waals surface area (Å²) in [5.74, 6) is 0.354. The number of rotatable bonds is 6. The van der Waals surface area contributed by atoms with E-state index in [-0.39, 0.29) is 23.6 Å². The van der Waals surface area contributed by atoms with Gasteiger partial charge in [0.2, 0.25) is 5.88 Å². The van der Waals surface area contributed by atoms with Gasteiger partial charge in [0.25, 0.3) is 0 Å². The second-order valence-corrected chi connectivity index (χ2v) is 10.4. The summed E-state index contributed by atoms with van der Waals surface area (Å²) < 4.78 is 11.6. The first-order valence-electron chi connectivity index (χ1n) is 12.3. The fourth-order valence-electron chi connectivity index (χ4n) is 4.97. The van der Waals surface area contributed by atoms with Crippen molar-refractivity contribution in [1.29, 1.82) is 0 Å². The predicted molar refractivity (Wildman–Crippen MR) is 128 cm³/mol. The molecule has 7 heteroatoms. The Morgan fingerprint density at radius 3 is 2.68 bits per heavy atom. The van der Waals surface area contributed by atoms with Crippen LogP contribution in [0.25, 0.3) is 10.8 Å². The Morgan fingerprint density at radius 2 is 1.97 bits per heavy atom. The molecule has 0 amide bonds. The Labute approximate surface area is 199 Å². The van der Waals surface area contributed by atoms with Crippen LogP contribution in [0.15, 0.2) is 30.6 Å². The highest BCUT2D eigenvalue weighted by molar-refractivity contribution is 5.93. The van der Waals surface area contributed by atoms with E-state index in [0.717, 1.165) is 65.5 Å². The summed E-state index contributed by atoms with van der Waals surface area (Å²) in [6.45, 7) is 6.09. The lowest BCUT2D eigenvalue weighted by Gasteiger charge is -2.30. The van der Waals surface area contributed by atoms with E-state index in [1.54, 1.807) is 0 Å². The molecule has 6 rings (SSSR count). The minimum atomic E-state index is -0.513. The van der Waals surface area contributed by atoms with Crippen LogP contribution >= 0.6 is 0 Å². The molecule has 2 saturated carbocycles. The van der Waals surface area contributed by atoms with E-state index in [2.05, 4.69) is 18.0 Å². The summed E-state index contributed by atoms with van der Waals surface area (Å²) in [5, 5.41) is 1.92. The van der Waals surface area contributed by atoms with Gasteiger partial charge in [-0.2, -0.15) is 0 Å². The van der Waals surface area contributed by atoms with Crippen LogP contribution in [0.4, 0.5) is 0 Å².